The van der Waals surface area contributed by atoms with Gasteiger partial charge in [-0.1, -0.05) is 36.8 Å². The zero-order chi connectivity index (χ0) is 21.2. The van der Waals surface area contributed by atoms with Crippen molar-refractivity contribution < 1.29 is 24.6 Å². The third-order valence-electron chi connectivity index (χ3n) is 5.40. The maximum absolute atomic E-state index is 13.1. The summed E-state index contributed by atoms with van der Waals surface area (Å²) >= 11 is 0. The van der Waals surface area contributed by atoms with E-state index in [0.29, 0.717) is 51.6 Å². The molecule has 4 unspecified atom stereocenters. The Morgan fingerprint density at radius 1 is 1.10 bits per heavy atom. The largest absolute Gasteiger partial charge is 0.481 e. The van der Waals surface area contributed by atoms with E-state index < -0.39 is 36.0 Å². The van der Waals surface area contributed by atoms with Crippen molar-refractivity contribution in [3.05, 3.63) is 35.9 Å². The maximum atomic E-state index is 13.1. The number of ketones is 1. The Morgan fingerprint density at radius 2 is 1.83 bits per heavy atom. The number of carboxylic acids is 2. The predicted molar refractivity (Wildman–Crippen MR) is 109 cm³/mol. The Hall–Kier alpha value is -2.29. The van der Waals surface area contributed by atoms with E-state index in [4.69, 9.17) is 5.73 Å². The van der Waals surface area contributed by atoms with Gasteiger partial charge in [0.1, 0.15) is 6.04 Å². The van der Waals surface area contributed by atoms with E-state index in [9.17, 15) is 24.6 Å². The standard InChI is InChI=1S/C21H31N3O5/c22-12-5-4-8-16(19(25)18-15(20(26)27)11-13-23-18)24-17(21(28)29)10-9-14-6-2-1-3-7-14/h1-3,6-7,15-18,23-24H,4-5,8-13,22H2,(H,26,27)(H,28,29). The number of hydrogen-bond acceptors (Lipinski definition) is 6. The molecule has 29 heavy (non-hydrogen) atoms. The van der Waals surface area contributed by atoms with Gasteiger partial charge in [0.2, 0.25) is 0 Å². The first kappa shape index (κ1) is 23.0. The topological polar surface area (TPSA) is 142 Å². The van der Waals surface area contributed by atoms with Crippen LogP contribution in [0.1, 0.15) is 37.7 Å². The van der Waals surface area contributed by atoms with Crippen molar-refractivity contribution in [2.45, 2.75) is 56.7 Å². The summed E-state index contributed by atoms with van der Waals surface area (Å²) in [5.74, 6) is -3.09. The van der Waals surface area contributed by atoms with Gasteiger partial charge in [-0.15, -0.1) is 0 Å². The van der Waals surface area contributed by atoms with Gasteiger partial charge in [-0.2, -0.15) is 0 Å². The lowest BCUT2D eigenvalue weighted by Gasteiger charge is -2.26. The van der Waals surface area contributed by atoms with Crippen LogP contribution in [0.25, 0.3) is 0 Å². The number of Topliss-reactive ketones (excluding diaryl/α,β-unsaturated/α-hetero) is 1. The fraction of sp³-hybridized carbons (Fsp3) is 0.571. The van der Waals surface area contributed by atoms with Gasteiger partial charge in [-0.25, -0.2) is 0 Å². The number of carbonyl (C=O) groups is 3. The van der Waals surface area contributed by atoms with E-state index in [1.807, 2.05) is 30.3 Å². The number of rotatable bonds is 13. The second-order valence-electron chi connectivity index (χ2n) is 7.49. The normalized spacial score (nSPS) is 20.9. The van der Waals surface area contributed by atoms with E-state index in [2.05, 4.69) is 10.6 Å². The van der Waals surface area contributed by atoms with Crippen molar-refractivity contribution in [3.63, 3.8) is 0 Å². The van der Waals surface area contributed by atoms with E-state index in [-0.39, 0.29) is 5.78 Å². The van der Waals surface area contributed by atoms with Crippen molar-refractivity contribution in [1.82, 2.24) is 10.6 Å². The zero-order valence-corrected chi connectivity index (χ0v) is 16.5. The summed E-state index contributed by atoms with van der Waals surface area (Å²) in [5, 5.41) is 25.0. The van der Waals surface area contributed by atoms with Crippen LogP contribution < -0.4 is 16.4 Å². The highest BCUT2D eigenvalue weighted by Crippen LogP contribution is 2.20. The summed E-state index contributed by atoms with van der Waals surface area (Å²) in [4.78, 5) is 36.3. The number of carboxylic acid groups (broad SMARTS) is 2. The molecule has 1 fully saturated rings. The van der Waals surface area contributed by atoms with E-state index >= 15 is 0 Å². The van der Waals surface area contributed by atoms with Crippen molar-refractivity contribution in [3.8, 4) is 0 Å². The van der Waals surface area contributed by atoms with Gasteiger partial charge in [0.05, 0.1) is 18.0 Å². The molecule has 0 radical (unpaired) electrons. The fourth-order valence-corrected chi connectivity index (χ4v) is 3.76. The number of nitrogens with one attached hydrogen (secondary N) is 2. The van der Waals surface area contributed by atoms with Crippen LogP contribution in [-0.2, 0) is 20.8 Å². The minimum absolute atomic E-state index is 0.280. The first-order valence-electron chi connectivity index (χ1n) is 10.2. The summed E-state index contributed by atoms with van der Waals surface area (Å²) in [7, 11) is 0. The molecule has 0 aliphatic carbocycles. The van der Waals surface area contributed by atoms with Crippen molar-refractivity contribution in [2.24, 2.45) is 11.7 Å². The minimum atomic E-state index is -1.02. The summed E-state index contributed by atoms with van der Waals surface area (Å²) in [6, 6.07) is 7.14. The van der Waals surface area contributed by atoms with Crippen LogP contribution in [0.2, 0.25) is 0 Å². The average Bonchev–Trinajstić information content (AvgIpc) is 3.20. The lowest BCUT2D eigenvalue weighted by atomic mass is 9.90. The van der Waals surface area contributed by atoms with Gasteiger partial charge in [0, 0.05) is 0 Å². The molecule has 1 aromatic rings. The number of carbonyl (C=O) groups excluding carboxylic acids is 1. The van der Waals surface area contributed by atoms with Crippen molar-refractivity contribution >= 4 is 17.7 Å². The van der Waals surface area contributed by atoms with Gasteiger partial charge in [-0.05, 0) is 50.8 Å². The van der Waals surface area contributed by atoms with Gasteiger partial charge < -0.3 is 21.3 Å². The van der Waals surface area contributed by atoms with Gasteiger partial charge >= 0.3 is 11.9 Å². The van der Waals surface area contributed by atoms with E-state index in [1.165, 1.54) is 0 Å². The molecule has 1 aliphatic rings. The Balaban J connectivity index is 2.08. The number of aliphatic carboxylic acids is 2. The Kier molecular flexibility index (Phi) is 9.24. The van der Waals surface area contributed by atoms with Crippen LogP contribution in [0.4, 0.5) is 0 Å². The molecule has 0 aromatic heterocycles. The molecular formula is C21H31N3O5. The molecule has 2 rings (SSSR count). The van der Waals surface area contributed by atoms with E-state index in [0.717, 1.165) is 5.56 Å². The summed E-state index contributed by atoms with van der Waals surface area (Å²) in [6.07, 6.45) is 3.09. The number of unbranched alkanes of at least 4 members (excludes halogenated alkanes) is 1. The first-order valence-corrected chi connectivity index (χ1v) is 10.2. The Bertz CT molecular complexity index is 682. The SMILES string of the molecule is NCCCCC(NC(CCc1ccccc1)C(=O)O)C(=O)C1NCCC1C(=O)O. The highest BCUT2D eigenvalue weighted by Gasteiger charge is 2.40. The molecule has 4 atom stereocenters. The fourth-order valence-electron chi connectivity index (χ4n) is 3.76. The van der Waals surface area contributed by atoms with Crippen LogP contribution in [0, 0.1) is 5.92 Å². The molecule has 1 aromatic carbocycles. The Labute approximate surface area is 170 Å². The van der Waals surface area contributed by atoms with Crippen LogP contribution in [0.15, 0.2) is 30.3 Å². The molecule has 0 spiro atoms. The highest BCUT2D eigenvalue weighted by atomic mass is 16.4. The van der Waals surface area contributed by atoms with Crippen LogP contribution in [0.5, 0.6) is 0 Å². The van der Waals surface area contributed by atoms with Crippen LogP contribution >= 0.6 is 0 Å². The Morgan fingerprint density at radius 3 is 2.45 bits per heavy atom. The number of benzene rings is 1. The molecular weight excluding hydrogens is 374 g/mol. The molecule has 0 bridgehead atoms. The smallest absolute Gasteiger partial charge is 0.320 e. The lowest BCUT2D eigenvalue weighted by molar-refractivity contribution is -0.145. The number of nitrogens with two attached hydrogens (primary N) is 1. The van der Waals surface area contributed by atoms with E-state index in [1.54, 1.807) is 0 Å². The molecule has 1 heterocycles. The quantitative estimate of drug-likeness (QED) is 0.303. The molecule has 0 saturated carbocycles. The monoisotopic (exact) mass is 405 g/mol. The molecule has 8 heteroatoms. The predicted octanol–water partition coefficient (Wildman–Crippen LogP) is 0.791. The second-order valence-corrected chi connectivity index (χ2v) is 7.49. The number of hydrogen-bond donors (Lipinski definition) is 5. The molecule has 1 saturated heterocycles. The van der Waals surface area contributed by atoms with Crippen LogP contribution in [0.3, 0.4) is 0 Å². The number of aryl methyl sites for hydroxylation is 1. The zero-order valence-electron chi connectivity index (χ0n) is 16.5. The second kappa shape index (κ2) is 11.6. The van der Waals surface area contributed by atoms with Crippen molar-refractivity contribution in [1.29, 1.82) is 0 Å². The lowest BCUT2D eigenvalue weighted by Crippen LogP contribution is -2.53. The molecule has 0 amide bonds. The summed E-state index contributed by atoms with van der Waals surface area (Å²) in [5.41, 5.74) is 6.57. The summed E-state index contributed by atoms with van der Waals surface area (Å²) < 4.78 is 0. The first-order chi connectivity index (χ1) is 13.9. The average molecular weight is 405 g/mol. The van der Waals surface area contributed by atoms with Gasteiger partial charge in [-0.3, -0.25) is 19.7 Å². The molecule has 1 aliphatic heterocycles. The molecule has 160 valence electrons. The van der Waals surface area contributed by atoms with Gasteiger partial charge in [0.15, 0.2) is 5.78 Å². The molecule has 8 nitrogen and oxygen atoms in total. The molecule has 6 N–H and O–H groups in total. The maximum Gasteiger partial charge on any atom is 0.320 e. The van der Waals surface area contributed by atoms with Crippen molar-refractivity contribution in [2.75, 3.05) is 13.1 Å². The highest BCUT2D eigenvalue weighted by molar-refractivity contribution is 5.94. The third-order valence-corrected chi connectivity index (χ3v) is 5.40. The van der Waals surface area contributed by atoms with Gasteiger partial charge in [0.25, 0.3) is 0 Å². The minimum Gasteiger partial charge on any atom is -0.481 e. The van der Waals surface area contributed by atoms with Crippen LogP contribution in [-0.4, -0.2) is 59.1 Å². The third kappa shape index (κ3) is 6.92. The summed E-state index contributed by atoms with van der Waals surface area (Å²) in [6.45, 7) is 0.940.